The fourth-order valence-corrected chi connectivity index (χ4v) is 4.03. The quantitative estimate of drug-likeness (QED) is 0.878. The highest BCUT2D eigenvalue weighted by molar-refractivity contribution is 5.89. The summed E-state index contributed by atoms with van der Waals surface area (Å²) in [6.07, 6.45) is 6.05. The van der Waals surface area contributed by atoms with Gasteiger partial charge in [0, 0.05) is 43.9 Å². The van der Waals surface area contributed by atoms with E-state index >= 15 is 0 Å². The lowest BCUT2D eigenvalue weighted by Crippen LogP contribution is -2.82. The largest absolute Gasteiger partial charge is 0.377 e. The van der Waals surface area contributed by atoms with Crippen LogP contribution in [0.4, 0.5) is 0 Å². The van der Waals surface area contributed by atoms with Crippen molar-refractivity contribution in [2.75, 3.05) is 6.61 Å². The van der Waals surface area contributed by atoms with E-state index in [9.17, 15) is 4.79 Å². The molecule has 0 spiro atoms. The van der Waals surface area contributed by atoms with E-state index in [4.69, 9.17) is 10.5 Å². The summed E-state index contributed by atoms with van der Waals surface area (Å²) in [6.45, 7) is 5.39. The van der Waals surface area contributed by atoms with Gasteiger partial charge in [0.05, 0.1) is 6.10 Å². The lowest BCUT2D eigenvalue weighted by atomic mass is 9.46. The number of ether oxygens (including phenoxy) is 1. The van der Waals surface area contributed by atoms with Gasteiger partial charge in [0.15, 0.2) is 0 Å². The highest BCUT2D eigenvalue weighted by atomic mass is 16.5. The van der Waals surface area contributed by atoms with E-state index in [1.54, 1.807) is 0 Å². The zero-order valence-corrected chi connectivity index (χ0v) is 13.1. The van der Waals surface area contributed by atoms with Gasteiger partial charge in [-0.2, -0.15) is 0 Å². The van der Waals surface area contributed by atoms with Crippen LogP contribution >= 0.6 is 0 Å². The Balaban J connectivity index is 1.70. The number of carbonyl (C=O) groups excluding carboxylic acids is 1. The number of fused-ring (bicyclic) bond motifs is 1. The smallest absolute Gasteiger partial charge is 0.241 e. The van der Waals surface area contributed by atoms with E-state index in [1.807, 2.05) is 43.9 Å². The van der Waals surface area contributed by atoms with E-state index in [2.05, 4.69) is 5.32 Å². The topological polar surface area (TPSA) is 69.3 Å². The summed E-state index contributed by atoms with van der Waals surface area (Å²) in [4.78, 5) is 12.7. The lowest BCUT2D eigenvalue weighted by molar-refractivity contribution is -0.225. The maximum atomic E-state index is 12.7. The number of nitrogens with zero attached hydrogens (tertiary/aromatic N) is 1. The number of aryl methyl sites for hydroxylation is 1. The predicted molar refractivity (Wildman–Crippen MR) is 80.4 cm³/mol. The van der Waals surface area contributed by atoms with Crippen molar-refractivity contribution in [3.05, 3.63) is 24.0 Å². The van der Waals surface area contributed by atoms with E-state index < -0.39 is 5.54 Å². The highest BCUT2D eigenvalue weighted by Crippen LogP contribution is 2.57. The Kier molecular flexibility index (Phi) is 3.37. The Hall–Kier alpha value is -1.33. The second-order valence-electron chi connectivity index (χ2n) is 7.00. The molecule has 1 saturated heterocycles. The molecule has 1 aromatic rings. The summed E-state index contributed by atoms with van der Waals surface area (Å²) < 4.78 is 7.81. The fourth-order valence-electron chi connectivity index (χ4n) is 4.03. The van der Waals surface area contributed by atoms with Crippen LogP contribution in [-0.2, 0) is 23.1 Å². The van der Waals surface area contributed by atoms with Gasteiger partial charge >= 0.3 is 0 Å². The molecule has 3 atom stereocenters. The summed E-state index contributed by atoms with van der Waals surface area (Å²) in [7, 11) is 1.97. The molecular formula is C16H25N3O2. The van der Waals surface area contributed by atoms with Gasteiger partial charge in [-0.25, -0.2) is 0 Å². The van der Waals surface area contributed by atoms with E-state index in [0.29, 0.717) is 6.54 Å². The first-order chi connectivity index (χ1) is 9.87. The number of hydrogen-bond donors (Lipinski definition) is 2. The number of rotatable bonds is 3. The summed E-state index contributed by atoms with van der Waals surface area (Å²) in [5, 5.41) is 3.01. The molecule has 0 bridgehead atoms. The fraction of sp³-hybridized carbons (Fsp3) is 0.688. The summed E-state index contributed by atoms with van der Waals surface area (Å²) in [5.41, 5.74) is 6.49. The molecule has 3 N–H and O–H groups in total. The first kappa shape index (κ1) is 14.6. The molecule has 2 aliphatic rings. The minimum Gasteiger partial charge on any atom is -0.377 e. The van der Waals surface area contributed by atoms with Crippen molar-refractivity contribution < 1.29 is 9.53 Å². The Bertz CT molecular complexity index is 551. The Morgan fingerprint density at radius 1 is 1.57 bits per heavy atom. The lowest BCUT2D eigenvalue weighted by Gasteiger charge is -2.65. The maximum Gasteiger partial charge on any atom is 0.241 e. The summed E-state index contributed by atoms with van der Waals surface area (Å²) in [6, 6.07) is 2.00. The third-order valence-corrected chi connectivity index (χ3v) is 5.41. The number of aromatic nitrogens is 1. The van der Waals surface area contributed by atoms with Crippen LogP contribution in [0.3, 0.4) is 0 Å². The van der Waals surface area contributed by atoms with E-state index in [0.717, 1.165) is 25.0 Å². The van der Waals surface area contributed by atoms with Crippen LogP contribution in [0.2, 0.25) is 0 Å². The SMILES string of the molecule is Cn1ccc(CNC(=O)C2(N)C3CCCOC3C2(C)C)c1. The maximum absolute atomic E-state index is 12.7. The number of nitrogens with two attached hydrogens (primary N) is 1. The third kappa shape index (κ3) is 2.02. The van der Waals surface area contributed by atoms with Gasteiger partial charge in [0.2, 0.25) is 5.91 Å². The molecule has 1 aliphatic carbocycles. The molecule has 3 rings (SSSR count). The molecule has 2 heterocycles. The monoisotopic (exact) mass is 291 g/mol. The molecule has 5 nitrogen and oxygen atoms in total. The van der Waals surface area contributed by atoms with Crippen LogP contribution in [0, 0.1) is 11.3 Å². The molecule has 5 heteroatoms. The second-order valence-corrected chi connectivity index (χ2v) is 7.00. The van der Waals surface area contributed by atoms with Crippen LogP contribution in [0.1, 0.15) is 32.3 Å². The highest BCUT2D eigenvalue weighted by Gasteiger charge is 2.70. The Morgan fingerprint density at radius 3 is 3.00 bits per heavy atom. The molecular weight excluding hydrogens is 266 g/mol. The van der Waals surface area contributed by atoms with Gasteiger partial charge < -0.3 is 20.4 Å². The Labute approximate surface area is 125 Å². The van der Waals surface area contributed by atoms with Gasteiger partial charge in [-0.05, 0) is 24.5 Å². The van der Waals surface area contributed by atoms with Crippen LogP contribution in [0.25, 0.3) is 0 Å². The minimum absolute atomic E-state index is 0.0527. The molecule has 1 aromatic heterocycles. The molecule has 116 valence electrons. The summed E-state index contributed by atoms with van der Waals surface area (Å²) >= 11 is 0. The number of nitrogens with one attached hydrogen (secondary N) is 1. The summed E-state index contributed by atoms with van der Waals surface area (Å²) in [5.74, 6) is 0.0835. The van der Waals surface area contributed by atoms with Crippen LogP contribution in [0.5, 0.6) is 0 Å². The van der Waals surface area contributed by atoms with Crippen molar-refractivity contribution >= 4 is 5.91 Å². The normalized spacial score (nSPS) is 33.9. The van der Waals surface area contributed by atoms with Crippen molar-refractivity contribution in [1.29, 1.82) is 0 Å². The number of hydrogen-bond acceptors (Lipinski definition) is 3. The van der Waals surface area contributed by atoms with Crippen molar-refractivity contribution in [3.63, 3.8) is 0 Å². The molecule has 21 heavy (non-hydrogen) atoms. The molecule has 3 unspecified atom stereocenters. The van der Waals surface area contributed by atoms with Crippen molar-refractivity contribution in [2.45, 2.75) is 44.9 Å². The Morgan fingerprint density at radius 2 is 2.33 bits per heavy atom. The molecule has 0 radical (unpaired) electrons. The zero-order valence-electron chi connectivity index (χ0n) is 13.1. The standard InChI is InChI=1S/C16H25N3O2/c1-15(2)13-12(5-4-8-21-13)16(15,17)14(20)18-9-11-6-7-19(3)10-11/h6-7,10,12-13H,4-5,8-9,17H2,1-3H3,(H,18,20). The zero-order chi connectivity index (χ0) is 15.3. The predicted octanol–water partition coefficient (Wildman–Crippen LogP) is 1.17. The first-order valence-corrected chi connectivity index (χ1v) is 7.67. The molecule has 1 saturated carbocycles. The third-order valence-electron chi connectivity index (χ3n) is 5.41. The van der Waals surface area contributed by atoms with Crippen molar-refractivity contribution in [3.8, 4) is 0 Å². The number of amides is 1. The van der Waals surface area contributed by atoms with Crippen LogP contribution in [-0.4, -0.2) is 28.7 Å². The molecule has 0 aromatic carbocycles. The van der Waals surface area contributed by atoms with Gasteiger partial charge in [0.25, 0.3) is 0 Å². The molecule has 1 aliphatic heterocycles. The van der Waals surface area contributed by atoms with Crippen LogP contribution in [0.15, 0.2) is 18.5 Å². The molecule has 2 fully saturated rings. The van der Waals surface area contributed by atoms with Crippen molar-refractivity contribution in [2.24, 2.45) is 24.1 Å². The van der Waals surface area contributed by atoms with Crippen LogP contribution < -0.4 is 11.1 Å². The average Bonchev–Trinajstić information content (AvgIpc) is 2.89. The van der Waals surface area contributed by atoms with Gasteiger partial charge in [-0.3, -0.25) is 4.79 Å². The van der Waals surface area contributed by atoms with E-state index in [-0.39, 0.29) is 23.3 Å². The van der Waals surface area contributed by atoms with Crippen molar-refractivity contribution in [1.82, 2.24) is 9.88 Å². The van der Waals surface area contributed by atoms with Gasteiger partial charge in [-0.15, -0.1) is 0 Å². The minimum atomic E-state index is -0.827. The average molecular weight is 291 g/mol. The molecule has 1 amide bonds. The first-order valence-electron chi connectivity index (χ1n) is 7.67. The van der Waals surface area contributed by atoms with E-state index in [1.165, 1.54) is 0 Å². The van der Waals surface area contributed by atoms with Gasteiger partial charge in [-0.1, -0.05) is 13.8 Å². The number of carbonyl (C=O) groups is 1. The second kappa shape index (κ2) is 4.85. The van der Waals surface area contributed by atoms with Gasteiger partial charge in [0.1, 0.15) is 5.54 Å².